The van der Waals surface area contributed by atoms with Crippen molar-refractivity contribution in [3.63, 3.8) is 0 Å². The zero-order chi connectivity index (χ0) is 16.1. The summed E-state index contributed by atoms with van der Waals surface area (Å²) in [5.41, 5.74) is 4.08. The lowest BCUT2D eigenvalue weighted by atomic mass is 10.1. The molecule has 1 aromatic carbocycles. The quantitative estimate of drug-likeness (QED) is 0.755. The summed E-state index contributed by atoms with van der Waals surface area (Å²) in [4.78, 5) is 13.3. The molecule has 23 heavy (non-hydrogen) atoms. The SMILES string of the molecule is CNc1nc(NCc2ccc(C)cc2)cc(-c2ccccn2)n1. The highest BCUT2D eigenvalue weighted by Gasteiger charge is 2.06. The van der Waals surface area contributed by atoms with Crippen molar-refractivity contribution in [3.05, 3.63) is 65.9 Å². The number of hydrogen-bond acceptors (Lipinski definition) is 5. The van der Waals surface area contributed by atoms with Crippen molar-refractivity contribution >= 4 is 11.8 Å². The summed E-state index contributed by atoms with van der Waals surface area (Å²) in [7, 11) is 1.81. The standard InChI is InChI=1S/C18H19N5/c1-13-6-8-14(9-7-13)12-21-17-11-16(22-18(19-2)23-17)15-5-3-4-10-20-15/h3-11H,12H2,1-2H3,(H2,19,21,22,23). The van der Waals surface area contributed by atoms with Crippen LogP contribution in [0.3, 0.4) is 0 Å². The fourth-order valence-corrected chi connectivity index (χ4v) is 2.19. The Morgan fingerprint density at radius 2 is 1.78 bits per heavy atom. The number of aryl methyl sites for hydroxylation is 1. The van der Waals surface area contributed by atoms with E-state index in [1.807, 2.05) is 24.3 Å². The molecule has 0 saturated heterocycles. The molecule has 3 rings (SSSR count). The number of nitrogens with zero attached hydrogens (tertiary/aromatic N) is 3. The van der Waals surface area contributed by atoms with Crippen LogP contribution in [0.25, 0.3) is 11.4 Å². The minimum atomic E-state index is 0.569. The van der Waals surface area contributed by atoms with Gasteiger partial charge in [0, 0.05) is 25.9 Å². The molecule has 0 aliphatic rings. The Kier molecular flexibility index (Phi) is 4.47. The van der Waals surface area contributed by atoms with Gasteiger partial charge < -0.3 is 10.6 Å². The smallest absolute Gasteiger partial charge is 0.224 e. The third kappa shape index (κ3) is 3.83. The van der Waals surface area contributed by atoms with E-state index in [9.17, 15) is 0 Å². The van der Waals surface area contributed by atoms with Crippen molar-refractivity contribution in [2.75, 3.05) is 17.7 Å². The first-order chi connectivity index (χ1) is 11.2. The molecule has 0 bridgehead atoms. The van der Waals surface area contributed by atoms with Crippen LogP contribution in [0.4, 0.5) is 11.8 Å². The zero-order valence-electron chi connectivity index (χ0n) is 13.2. The first-order valence-corrected chi connectivity index (χ1v) is 7.52. The van der Waals surface area contributed by atoms with Crippen LogP contribution in [0, 0.1) is 6.92 Å². The molecule has 0 atom stereocenters. The summed E-state index contributed by atoms with van der Waals surface area (Å²) in [5.74, 6) is 1.34. The van der Waals surface area contributed by atoms with E-state index in [0.717, 1.165) is 17.2 Å². The Bertz CT molecular complexity index is 769. The second-order valence-corrected chi connectivity index (χ2v) is 5.27. The molecule has 2 aromatic heterocycles. The van der Waals surface area contributed by atoms with E-state index < -0.39 is 0 Å². The summed E-state index contributed by atoms with van der Waals surface area (Å²) in [6.07, 6.45) is 1.76. The van der Waals surface area contributed by atoms with Gasteiger partial charge in [-0.1, -0.05) is 35.9 Å². The number of nitrogens with one attached hydrogen (secondary N) is 2. The lowest BCUT2D eigenvalue weighted by Crippen LogP contribution is -2.05. The van der Waals surface area contributed by atoms with Crippen LogP contribution in [-0.4, -0.2) is 22.0 Å². The topological polar surface area (TPSA) is 62.7 Å². The van der Waals surface area contributed by atoms with Crippen molar-refractivity contribution in [3.8, 4) is 11.4 Å². The molecule has 0 radical (unpaired) electrons. The molecule has 0 aliphatic carbocycles. The third-order valence-electron chi connectivity index (χ3n) is 3.47. The fraction of sp³-hybridized carbons (Fsp3) is 0.167. The molecule has 2 N–H and O–H groups in total. The number of anilines is 2. The minimum absolute atomic E-state index is 0.569. The average Bonchev–Trinajstić information content (AvgIpc) is 2.61. The molecule has 3 aromatic rings. The molecule has 0 saturated carbocycles. The maximum Gasteiger partial charge on any atom is 0.224 e. The Morgan fingerprint density at radius 3 is 2.48 bits per heavy atom. The largest absolute Gasteiger partial charge is 0.366 e. The average molecular weight is 305 g/mol. The summed E-state index contributed by atoms with van der Waals surface area (Å²) < 4.78 is 0. The highest BCUT2D eigenvalue weighted by atomic mass is 15.1. The van der Waals surface area contributed by atoms with E-state index in [2.05, 4.69) is 56.8 Å². The van der Waals surface area contributed by atoms with E-state index in [1.54, 1.807) is 13.2 Å². The van der Waals surface area contributed by atoms with Gasteiger partial charge in [-0.2, -0.15) is 4.98 Å². The zero-order valence-corrected chi connectivity index (χ0v) is 13.2. The van der Waals surface area contributed by atoms with Crippen LogP contribution >= 0.6 is 0 Å². The van der Waals surface area contributed by atoms with E-state index in [-0.39, 0.29) is 0 Å². The molecule has 2 heterocycles. The molecule has 0 unspecified atom stereocenters. The molecule has 116 valence electrons. The van der Waals surface area contributed by atoms with E-state index in [1.165, 1.54) is 11.1 Å². The molecule has 0 fully saturated rings. The van der Waals surface area contributed by atoms with Crippen LogP contribution in [0.1, 0.15) is 11.1 Å². The van der Waals surface area contributed by atoms with Crippen LogP contribution < -0.4 is 10.6 Å². The molecule has 0 aliphatic heterocycles. The van der Waals surface area contributed by atoms with Gasteiger partial charge in [-0.05, 0) is 24.6 Å². The molecule has 5 heteroatoms. The van der Waals surface area contributed by atoms with Crippen molar-refractivity contribution in [2.45, 2.75) is 13.5 Å². The predicted molar refractivity (Wildman–Crippen MR) is 93.3 cm³/mol. The summed E-state index contributed by atoms with van der Waals surface area (Å²) in [6.45, 7) is 2.79. The Labute approximate surface area is 135 Å². The molecular weight excluding hydrogens is 286 g/mol. The van der Waals surface area contributed by atoms with E-state index in [4.69, 9.17) is 0 Å². The highest BCUT2D eigenvalue weighted by molar-refractivity contribution is 5.60. The van der Waals surface area contributed by atoms with Crippen molar-refractivity contribution in [2.24, 2.45) is 0 Å². The van der Waals surface area contributed by atoms with Crippen molar-refractivity contribution in [1.82, 2.24) is 15.0 Å². The van der Waals surface area contributed by atoms with Crippen LogP contribution in [0.2, 0.25) is 0 Å². The van der Waals surface area contributed by atoms with Gasteiger partial charge in [0.2, 0.25) is 5.95 Å². The van der Waals surface area contributed by atoms with Gasteiger partial charge in [0.1, 0.15) is 5.82 Å². The number of rotatable bonds is 5. The molecule has 0 amide bonds. The maximum absolute atomic E-state index is 4.46. The van der Waals surface area contributed by atoms with E-state index >= 15 is 0 Å². The fourth-order valence-electron chi connectivity index (χ4n) is 2.19. The number of pyridine rings is 1. The summed E-state index contributed by atoms with van der Waals surface area (Å²) in [5, 5.41) is 6.34. The van der Waals surface area contributed by atoms with Gasteiger partial charge in [0.05, 0.1) is 11.4 Å². The maximum atomic E-state index is 4.46. The van der Waals surface area contributed by atoms with Crippen molar-refractivity contribution < 1.29 is 0 Å². The highest BCUT2D eigenvalue weighted by Crippen LogP contribution is 2.19. The van der Waals surface area contributed by atoms with Gasteiger partial charge in [0.25, 0.3) is 0 Å². The third-order valence-corrected chi connectivity index (χ3v) is 3.47. The normalized spacial score (nSPS) is 10.3. The Morgan fingerprint density at radius 1 is 0.957 bits per heavy atom. The summed E-state index contributed by atoms with van der Waals surface area (Å²) >= 11 is 0. The monoisotopic (exact) mass is 305 g/mol. The second kappa shape index (κ2) is 6.87. The lowest BCUT2D eigenvalue weighted by Gasteiger charge is -2.10. The number of aromatic nitrogens is 3. The number of benzene rings is 1. The van der Waals surface area contributed by atoms with Gasteiger partial charge in [-0.25, -0.2) is 4.98 Å². The first kappa shape index (κ1) is 15.0. The van der Waals surface area contributed by atoms with Gasteiger partial charge >= 0.3 is 0 Å². The second-order valence-electron chi connectivity index (χ2n) is 5.27. The number of hydrogen-bond donors (Lipinski definition) is 2. The molecule has 0 spiro atoms. The first-order valence-electron chi connectivity index (χ1n) is 7.52. The van der Waals surface area contributed by atoms with E-state index in [0.29, 0.717) is 12.5 Å². The Hall–Kier alpha value is -2.95. The van der Waals surface area contributed by atoms with Crippen LogP contribution in [0.5, 0.6) is 0 Å². The van der Waals surface area contributed by atoms with Crippen LogP contribution in [0.15, 0.2) is 54.7 Å². The minimum Gasteiger partial charge on any atom is -0.366 e. The molecular formula is C18H19N5. The molecule has 5 nitrogen and oxygen atoms in total. The predicted octanol–water partition coefficient (Wildman–Crippen LogP) is 3.50. The Balaban J connectivity index is 1.82. The van der Waals surface area contributed by atoms with Gasteiger partial charge in [-0.15, -0.1) is 0 Å². The van der Waals surface area contributed by atoms with Gasteiger partial charge in [0.15, 0.2) is 0 Å². The summed E-state index contributed by atoms with van der Waals surface area (Å²) in [6, 6.07) is 16.1. The van der Waals surface area contributed by atoms with Crippen LogP contribution in [-0.2, 0) is 6.54 Å². The lowest BCUT2D eigenvalue weighted by molar-refractivity contribution is 1.07. The van der Waals surface area contributed by atoms with Crippen molar-refractivity contribution in [1.29, 1.82) is 0 Å². The van der Waals surface area contributed by atoms with Gasteiger partial charge in [-0.3, -0.25) is 4.98 Å².